The van der Waals surface area contributed by atoms with Crippen LogP contribution in [0.5, 0.6) is 0 Å². The molecule has 0 atom stereocenters. The molecule has 0 heterocycles. The van der Waals surface area contributed by atoms with Crippen molar-refractivity contribution < 1.29 is 48.0 Å². The van der Waals surface area contributed by atoms with Crippen molar-refractivity contribution in [3.8, 4) is 0 Å². The standard InChI is InChI=1S/C10H6O8.2C2H6OS/c11-7(12)3-1-4(8(13)14)6(10(17)18)2-5(3)9(15)16;2*1-4(2)3/h1-2H,(H,11,12)(H,13,14)(H,15,16)(H,17,18);2*1-2H3. The molecule has 0 aliphatic rings. The molecule has 0 aliphatic heterocycles. The van der Waals surface area contributed by atoms with Gasteiger partial charge in [-0.15, -0.1) is 0 Å². The number of hydrogen-bond donors (Lipinski definition) is 4. The second kappa shape index (κ2) is 11.9. The molecule has 1 rings (SSSR count). The van der Waals surface area contributed by atoms with Crippen LogP contribution in [0.3, 0.4) is 0 Å². The summed E-state index contributed by atoms with van der Waals surface area (Å²) in [5, 5.41) is 35.0. The van der Waals surface area contributed by atoms with E-state index in [1.165, 1.54) is 0 Å². The molecule has 10 nitrogen and oxygen atoms in total. The summed E-state index contributed by atoms with van der Waals surface area (Å²) in [5.74, 6) is -6.64. The third-order valence-electron chi connectivity index (χ3n) is 2.08. The predicted octanol–water partition coefficient (Wildman–Crippen LogP) is 0.469. The highest BCUT2D eigenvalue weighted by molar-refractivity contribution is 7.83. The summed E-state index contributed by atoms with van der Waals surface area (Å²) >= 11 is 0. The van der Waals surface area contributed by atoms with Crippen LogP contribution in [0.25, 0.3) is 0 Å². The van der Waals surface area contributed by atoms with Crippen LogP contribution >= 0.6 is 0 Å². The number of hydrogen-bond acceptors (Lipinski definition) is 6. The van der Waals surface area contributed by atoms with Crippen LogP contribution in [-0.4, -0.2) is 77.7 Å². The number of carboxylic acid groups (broad SMARTS) is 4. The van der Waals surface area contributed by atoms with E-state index in [0.29, 0.717) is 12.1 Å². The fourth-order valence-electron chi connectivity index (χ4n) is 1.31. The van der Waals surface area contributed by atoms with E-state index in [1.54, 1.807) is 25.0 Å². The van der Waals surface area contributed by atoms with E-state index >= 15 is 0 Å². The maximum atomic E-state index is 10.8. The number of aromatic carboxylic acids is 4. The molecule has 0 saturated carbocycles. The van der Waals surface area contributed by atoms with Crippen molar-refractivity contribution in [1.29, 1.82) is 0 Å². The number of benzene rings is 1. The van der Waals surface area contributed by atoms with Gasteiger partial charge in [0.1, 0.15) is 0 Å². The van der Waals surface area contributed by atoms with Crippen molar-refractivity contribution >= 4 is 45.5 Å². The lowest BCUT2D eigenvalue weighted by molar-refractivity contribution is 0.0637. The Morgan fingerprint density at radius 1 is 0.577 bits per heavy atom. The minimum atomic E-state index is -1.66. The van der Waals surface area contributed by atoms with Crippen LogP contribution < -0.4 is 0 Å². The monoisotopic (exact) mass is 410 g/mol. The molecule has 12 heteroatoms. The SMILES string of the molecule is CS(C)=O.CS(C)=O.O=C(O)c1cc(C(=O)O)c(C(=O)O)cc1C(=O)O. The summed E-state index contributed by atoms with van der Waals surface area (Å²) in [6.07, 6.45) is 6.56. The van der Waals surface area contributed by atoms with Gasteiger partial charge in [-0.1, -0.05) is 0 Å². The van der Waals surface area contributed by atoms with E-state index in [0.717, 1.165) is 0 Å². The average Bonchev–Trinajstić information content (AvgIpc) is 2.44. The number of carbonyl (C=O) groups is 4. The van der Waals surface area contributed by atoms with Crippen LogP contribution in [0, 0.1) is 0 Å². The molecule has 0 radical (unpaired) electrons. The predicted molar refractivity (Wildman–Crippen MR) is 94.3 cm³/mol. The summed E-state index contributed by atoms with van der Waals surface area (Å²) in [6.45, 7) is 0. The smallest absolute Gasteiger partial charge is 0.336 e. The van der Waals surface area contributed by atoms with Gasteiger partial charge in [-0.2, -0.15) is 0 Å². The van der Waals surface area contributed by atoms with Gasteiger partial charge in [-0.25, -0.2) is 19.2 Å². The second-order valence-corrected chi connectivity index (χ2v) is 7.61. The zero-order chi connectivity index (χ0) is 21.2. The Kier molecular flexibility index (Phi) is 11.7. The van der Waals surface area contributed by atoms with Gasteiger partial charge in [0.25, 0.3) is 0 Å². The lowest BCUT2D eigenvalue weighted by atomic mass is 9.98. The lowest BCUT2D eigenvalue weighted by Crippen LogP contribution is -2.15. The molecule has 0 spiro atoms. The topological polar surface area (TPSA) is 183 Å². The van der Waals surface area contributed by atoms with E-state index in [-0.39, 0.29) is 0 Å². The van der Waals surface area contributed by atoms with Crippen molar-refractivity contribution in [2.45, 2.75) is 0 Å². The first-order chi connectivity index (χ1) is 11.7. The Balaban J connectivity index is 0. The van der Waals surface area contributed by atoms with Gasteiger partial charge in [0.15, 0.2) is 0 Å². The Hall–Kier alpha value is -2.60. The molecule has 0 bridgehead atoms. The molecule has 0 fully saturated rings. The Labute approximate surface area is 153 Å². The van der Waals surface area contributed by atoms with E-state index in [9.17, 15) is 27.6 Å². The minimum absolute atomic E-state index is 0.511. The molecule has 0 saturated heterocycles. The summed E-state index contributed by atoms with van der Waals surface area (Å²) in [7, 11) is -1.22. The molecule has 1 aromatic rings. The highest BCUT2D eigenvalue weighted by Crippen LogP contribution is 2.18. The third kappa shape index (κ3) is 10.3. The van der Waals surface area contributed by atoms with E-state index < -0.39 is 67.7 Å². The fourth-order valence-corrected chi connectivity index (χ4v) is 1.31. The molecule has 26 heavy (non-hydrogen) atoms. The number of carboxylic acids is 4. The van der Waals surface area contributed by atoms with E-state index in [4.69, 9.17) is 20.4 Å². The highest BCUT2D eigenvalue weighted by Gasteiger charge is 2.24. The first kappa shape index (κ1) is 25.6. The summed E-state index contributed by atoms with van der Waals surface area (Å²) in [6, 6.07) is 1.02. The molecule has 0 unspecified atom stereocenters. The summed E-state index contributed by atoms with van der Waals surface area (Å²) in [4.78, 5) is 43.1. The lowest BCUT2D eigenvalue weighted by Gasteiger charge is -2.06. The van der Waals surface area contributed by atoms with Crippen LogP contribution in [0.2, 0.25) is 0 Å². The van der Waals surface area contributed by atoms with Gasteiger partial charge in [-0.3, -0.25) is 8.42 Å². The minimum Gasteiger partial charge on any atom is -0.478 e. The molecular weight excluding hydrogens is 392 g/mol. The van der Waals surface area contributed by atoms with Crippen molar-refractivity contribution in [1.82, 2.24) is 0 Å². The van der Waals surface area contributed by atoms with Crippen molar-refractivity contribution in [2.24, 2.45) is 0 Å². The van der Waals surface area contributed by atoms with Crippen molar-refractivity contribution in [2.75, 3.05) is 25.0 Å². The summed E-state index contributed by atoms with van der Waals surface area (Å²) in [5.41, 5.74) is -3.15. The molecule has 146 valence electrons. The molecule has 0 amide bonds. The molecule has 0 aliphatic carbocycles. The third-order valence-corrected chi connectivity index (χ3v) is 2.08. The normalized spacial score (nSPS) is 9.46. The molecule has 1 aromatic carbocycles. The van der Waals surface area contributed by atoms with Gasteiger partial charge in [-0.05, 0) is 12.1 Å². The van der Waals surface area contributed by atoms with Crippen LogP contribution in [0.4, 0.5) is 0 Å². The fraction of sp³-hybridized carbons (Fsp3) is 0.286. The van der Waals surface area contributed by atoms with Crippen molar-refractivity contribution in [3.63, 3.8) is 0 Å². The zero-order valence-electron chi connectivity index (χ0n) is 14.2. The van der Waals surface area contributed by atoms with Crippen molar-refractivity contribution in [3.05, 3.63) is 34.4 Å². The van der Waals surface area contributed by atoms with Gasteiger partial charge >= 0.3 is 23.9 Å². The Morgan fingerprint density at radius 3 is 0.769 bits per heavy atom. The maximum Gasteiger partial charge on any atom is 0.336 e. The van der Waals surface area contributed by atoms with E-state index in [2.05, 4.69) is 0 Å². The first-order valence-electron chi connectivity index (χ1n) is 6.33. The average molecular weight is 410 g/mol. The molecular formula is C14H18O10S2. The first-order valence-corrected chi connectivity index (χ1v) is 10.3. The zero-order valence-corrected chi connectivity index (χ0v) is 15.8. The molecule has 4 N–H and O–H groups in total. The van der Waals surface area contributed by atoms with Gasteiger partial charge < -0.3 is 20.4 Å². The number of rotatable bonds is 4. The van der Waals surface area contributed by atoms with E-state index in [1.807, 2.05) is 0 Å². The highest BCUT2D eigenvalue weighted by atomic mass is 32.2. The van der Waals surface area contributed by atoms with Gasteiger partial charge in [0.05, 0.1) is 22.3 Å². The Bertz CT molecular complexity index is 636. The summed E-state index contributed by atoms with van der Waals surface area (Å²) < 4.78 is 19.1. The van der Waals surface area contributed by atoms with Crippen LogP contribution in [-0.2, 0) is 21.6 Å². The van der Waals surface area contributed by atoms with Gasteiger partial charge in [0, 0.05) is 46.6 Å². The Morgan fingerprint density at radius 2 is 0.692 bits per heavy atom. The molecule has 0 aromatic heterocycles. The quantitative estimate of drug-likeness (QED) is 0.544. The van der Waals surface area contributed by atoms with Gasteiger partial charge in [0.2, 0.25) is 0 Å². The second-order valence-electron chi connectivity index (χ2n) is 4.65. The maximum absolute atomic E-state index is 10.8. The van der Waals surface area contributed by atoms with Crippen LogP contribution in [0.15, 0.2) is 12.1 Å². The van der Waals surface area contributed by atoms with Crippen LogP contribution in [0.1, 0.15) is 41.4 Å². The largest absolute Gasteiger partial charge is 0.478 e.